The molecular formula is C18H14OS. The molecule has 1 aromatic heterocycles. The zero-order valence-corrected chi connectivity index (χ0v) is 11.8. The monoisotopic (exact) mass is 278 g/mol. The van der Waals surface area contributed by atoms with E-state index in [0.29, 0.717) is 11.7 Å². The van der Waals surface area contributed by atoms with Crippen molar-refractivity contribution in [2.45, 2.75) is 12.3 Å². The number of rotatable bonds is 3. The lowest BCUT2D eigenvalue weighted by Crippen LogP contribution is -2.02. The molecule has 1 heterocycles. The van der Waals surface area contributed by atoms with Crippen LogP contribution in [0.25, 0.3) is 10.1 Å². The average Bonchev–Trinajstić information content (AvgIpc) is 3.20. The number of thiophene rings is 1. The second-order valence-electron chi connectivity index (χ2n) is 5.37. The van der Waals surface area contributed by atoms with E-state index in [1.54, 1.807) is 11.3 Å². The molecule has 2 heteroatoms. The van der Waals surface area contributed by atoms with Gasteiger partial charge in [0.15, 0.2) is 5.78 Å². The topological polar surface area (TPSA) is 17.1 Å². The van der Waals surface area contributed by atoms with Crippen LogP contribution in [0.4, 0.5) is 0 Å². The third-order valence-corrected chi connectivity index (χ3v) is 5.06. The molecule has 0 saturated heterocycles. The molecule has 2 aromatic carbocycles. The largest absolute Gasteiger partial charge is 0.294 e. The molecule has 0 bridgehead atoms. The highest BCUT2D eigenvalue weighted by atomic mass is 32.1. The van der Waals surface area contributed by atoms with Crippen LogP contribution in [0.5, 0.6) is 0 Å². The Kier molecular flexibility index (Phi) is 2.71. The fourth-order valence-corrected chi connectivity index (χ4v) is 3.87. The summed E-state index contributed by atoms with van der Waals surface area (Å²) in [5.74, 6) is 0.911. The number of carbonyl (C=O) groups is 1. The van der Waals surface area contributed by atoms with E-state index >= 15 is 0 Å². The van der Waals surface area contributed by atoms with Gasteiger partial charge in [-0.25, -0.2) is 0 Å². The van der Waals surface area contributed by atoms with Crippen LogP contribution in [0.15, 0.2) is 60.0 Å². The molecule has 3 aromatic rings. The number of ketones is 1. The lowest BCUT2D eigenvalue weighted by molar-refractivity contribution is 0.0967. The second-order valence-corrected chi connectivity index (χ2v) is 6.28. The molecule has 0 N–H and O–H groups in total. The molecule has 1 aliphatic carbocycles. The molecule has 2 unspecified atom stereocenters. The lowest BCUT2D eigenvalue weighted by Gasteiger charge is -2.00. The molecule has 1 aliphatic rings. The SMILES string of the molecule is O=C(c1csc2ccccc12)C1CC1c1ccccc1. The van der Waals surface area contributed by atoms with Crippen molar-refractivity contribution in [2.24, 2.45) is 5.92 Å². The van der Waals surface area contributed by atoms with Gasteiger partial charge in [0.1, 0.15) is 0 Å². The molecule has 1 fully saturated rings. The Morgan fingerprint density at radius 2 is 1.75 bits per heavy atom. The van der Waals surface area contributed by atoms with Gasteiger partial charge in [-0.1, -0.05) is 48.5 Å². The molecule has 0 radical (unpaired) electrons. The van der Waals surface area contributed by atoms with Crippen molar-refractivity contribution in [1.82, 2.24) is 0 Å². The third kappa shape index (κ3) is 1.88. The maximum Gasteiger partial charge on any atom is 0.168 e. The maximum absolute atomic E-state index is 12.7. The van der Waals surface area contributed by atoms with E-state index in [0.717, 1.165) is 17.4 Å². The highest BCUT2D eigenvalue weighted by molar-refractivity contribution is 7.17. The van der Waals surface area contributed by atoms with Crippen molar-refractivity contribution in [2.75, 3.05) is 0 Å². The Bertz CT molecular complexity index is 772. The minimum atomic E-state index is 0.176. The van der Waals surface area contributed by atoms with Gasteiger partial charge in [-0.15, -0.1) is 11.3 Å². The number of benzene rings is 2. The Morgan fingerprint density at radius 3 is 2.60 bits per heavy atom. The molecule has 4 rings (SSSR count). The Morgan fingerprint density at radius 1 is 1.00 bits per heavy atom. The van der Waals surface area contributed by atoms with E-state index < -0.39 is 0 Å². The van der Waals surface area contributed by atoms with E-state index in [1.807, 2.05) is 23.6 Å². The average molecular weight is 278 g/mol. The third-order valence-electron chi connectivity index (χ3n) is 4.10. The number of hydrogen-bond donors (Lipinski definition) is 0. The molecule has 2 atom stereocenters. The summed E-state index contributed by atoms with van der Waals surface area (Å²) in [5, 5.41) is 3.13. The summed E-state index contributed by atoms with van der Waals surface area (Å²) in [5.41, 5.74) is 2.21. The summed E-state index contributed by atoms with van der Waals surface area (Å²) in [4.78, 5) is 12.7. The van der Waals surface area contributed by atoms with Gasteiger partial charge in [0, 0.05) is 26.9 Å². The van der Waals surface area contributed by atoms with Crippen LogP contribution in [0.2, 0.25) is 0 Å². The summed E-state index contributed by atoms with van der Waals surface area (Å²) in [6.07, 6.45) is 0.993. The highest BCUT2D eigenvalue weighted by Crippen LogP contribution is 2.49. The first kappa shape index (κ1) is 11.9. The van der Waals surface area contributed by atoms with E-state index in [4.69, 9.17) is 0 Å². The van der Waals surface area contributed by atoms with Gasteiger partial charge in [0.05, 0.1) is 0 Å². The first-order valence-corrected chi connectivity index (χ1v) is 7.78. The van der Waals surface area contributed by atoms with Gasteiger partial charge < -0.3 is 0 Å². The summed E-state index contributed by atoms with van der Waals surface area (Å²) in [6, 6.07) is 18.6. The van der Waals surface area contributed by atoms with Crippen molar-refractivity contribution in [3.8, 4) is 0 Å². The van der Waals surface area contributed by atoms with Gasteiger partial charge in [0.2, 0.25) is 0 Å². The Balaban J connectivity index is 1.63. The smallest absolute Gasteiger partial charge is 0.168 e. The second kappa shape index (κ2) is 4.57. The van der Waals surface area contributed by atoms with Crippen LogP contribution in [0.3, 0.4) is 0 Å². The molecule has 0 spiro atoms. The minimum absolute atomic E-state index is 0.176. The van der Waals surface area contributed by atoms with Crippen molar-refractivity contribution in [3.05, 3.63) is 71.1 Å². The van der Waals surface area contributed by atoms with Gasteiger partial charge in [-0.3, -0.25) is 4.79 Å². The Labute approximate surface area is 121 Å². The number of fused-ring (bicyclic) bond motifs is 1. The van der Waals surface area contributed by atoms with E-state index in [-0.39, 0.29) is 5.92 Å². The van der Waals surface area contributed by atoms with Crippen LogP contribution < -0.4 is 0 Å². The molecular weight excluding hydrogens is 264 g/mol. The minimum Gasteiger partial charge on any atom is -0.294 e. The predicted molar refractivity (Wildman–Crippen MR) is 83.4 cm³/mol. The summed E-state index contributed by atoms with van der Waals surface area (Å²) in [6.45, 7) is 0. The highest BCUT2D eigenvalue weighted by Gasteiger charge is 2.44. The predicted octanol–water partition coefficient (Wildman–Crippen LogP) is 4.89. The molecule has 20 heavy (non-hydrogen) atoms. The molecule has 1 saturated carbocycles. The zero-order valence-electron chi connectivity index (χ0n) is 11.0. The van der Waals surface area contributed by atoms with Crippen LogP contribution in [-0.4, -0.2) is 5.78 Å². The quantitative estimate of drug-likeness (QED) is 0.623. The van der Waals surface area contributed by atoms with E-state index in [2.05, 4.69) is 36.4 Å². The summed E-state index contributed by atoms with van der Waals surface area (Å²) in [7, 11) is 0. The van der Waals surface area contributed by atoms with Gasteiger partial charge in [-0.2, -0.15) is 0 Å². The van der Waals surface area contributed by atoms with E-state index in [1.165, 1.54) is 10.3 Å². The lowest BCUT2D eigenvalue weighted by atomic mass is 10.0. The Hall–Kier alpha value is -1.93. The maximum atomic E-state index is 12.7. The molecule has 0 aliphatic heterocycles. The van der Waals surface area contributed by atoms with Crippen LogP contribution >= 0.6 is 11.3 Å². The van der Waals surface area contributed by atoms with Crippen molar-refractivity contribution in [1.29, 1.82) is 0 Å². The fourth-order valence-electron chi connectivity index (χ4n) is 2.92. The van der Waals surface area contributed by atoms with Crippen LogP contribution in [0.1, 0.15) is 28.3 Å². The first-order chi connectivity index (χ1) is 9.84. The van der Waals surface area contributed by atoms with Crippen LogP contribution in [0, 0.1) is 5.92 Å². The van der Waals surface area contributed by atoms with Gasteiger partial charge >= 0.3 is 0 Å². The number of carbonyl (C=O) groups excluding carboxylic acids is 1. The molecule has 1 nitrogen and oxygen atoms in total. The summed E-state index contributed by atoms with van der Waals surface area (Å²) >= 11 is 1.66. The number of hydrogen-bond acceptors (Lipinski definition) is 2. The molecule has 0 amide bonds. The summed E-state index contributed by atoms with van der Waals surface area (Å²) < 4.78 is 1.20. The van der Waals surface area contributed by atoms with Crippen molar-refractivity contribution < 1.29 is 4.79 Å². The van der Waals surface area contributed by atoms with Crippen molar-refractivity contribution in [3.63, 3.8) is 0 Å². The van der Waals surface area contributed by atoms with Crippen molar-refractivity contribution >= 4 is 27.2 Å². The van der Waals surface area contributed by atoms with E-state index in [9.17, 15) is 4.79 Å². The number of Topliss-reactive ketones (excluding diaryl/α,β-unsaturated/α-hetero) is 1. The fraction of sp³-hybridized carbons (Fsp3) is 0.167. The normalized spacial score (nSPS) is 21.0. The van der Waals surface area contributed by atoms with Gasteiger partial charge in [-0.05, 0) is 24.0 Å². The standard InChI is InChI=1S/C18H14OS/c19-18(15-10-14(15)12-6-2-1-3-7-12)16-11-20-17-9-5-4-8-13(16)17/h1-9,11,14-15H,10H2. The molecule has 98 valence electrons. The zero-order chi connectivity index (χ0) is 13.5. The van der Waals surface area contributed by atoms with Crippen LogP contribution in [-0.2, 0) is 0 Å². The van der Waals surface area contributed by atoms with Gasteiger partial charge in [0.25, 0.3) is 0 Å². The first-order valence-electron chi connectivity index (χ1n) is 6.90.